The standard InChI is InChI=1S/3C45H25N5/c1-48-45-31(28-47)21-24-33(30-19-22-32(23-20-30)49-39-14-6-4-12-36(39)38-26-29(27-46)18-25-43(38)49)44(45)37-13-5-9-17-42(37)50-40-15-7-2-10-34(40)35-11-3-8-16-41(35)50;1-48-38-24-21-31(28-47)44(30-19-22-32(23-20-30)49-39-14-6-4-12-35(39)37-26-29(27-46)18-25-43(37)49)45(38)36-13-5-9-17-42(36)50-40-15-7-2-10-33(40)34-11-3-8-16-41(34)50;1-48-39-26-30(28-47)25-37(31-19-21-32(22-20-31)49-40-14-6-4-12-35(40)38-24-29(27-46)18-23-44(38)49)45(39)36-13-5-9-17-43(36)50-41-15-7-2-10-33(41)34-11-3-8-16-42(34)50/h3*2-26H. The fraction of sp³-hybridized carbons (Fsp3) is 0. The van der Waals surface area contributed by atoms with Crippen molar-refractivity contribution < 1.29 is 0 Å². The molecule has 0 bridgehead atoms. The largest absolute Gasteiger partial charge is 0.309 e. The van der Waals surface area contributed by atoms with E-state index in [1.54, 1.807) is 24.3 Å². The molecular weight excluding hydrogens is 1830 g/mol. The fourth-order valence-electron chi connectivity index (χ4n) is 22.5. The molecule has 15 heteroatoms. The van der Waals surface area contributed by atoms with Crippen LogP contribution in [-0.2, 0) is 0 Å². The molecule has 15 nitrogen and oxygen atoms in total. The Morgan fingerprint density at radius 2 is 0.453 bits per heavy atom. The van der Waals surface area contributed by atoms with Crippen molar-refractivity contribution in [3.8, 4) is 137 Å². The van der Waals surface area contributed by atoms with Crippen LogP contribution in [0.15, 0.2) is 455 Å². The van der Waals surface area contributed by atoms with E-state index < -0.39 is 0 Å². The normalized spacial score (nSPS) is 11.1. The lowest BCUT2D eigenvalue weighted by atomic mass is 9.88. The van der Waals surface area contributed by atoms with E-state index in [0.717, 1.165) is 232 Å². The zero-order valence-corrected chi connectivity index (χ0v) is 80.0. The first-order valence-corrected chi connectivity index (χ1v) is 48.8. The Morgan fingerprint density at radius 1 is 0.173 bits per heavy atom. The van der Waals surface area contributed by atoms with Gasteiger partial charge in [-0.3, -0.25) is 0 Å². The van der Waals surface area contributed by atoms with Gasteiger partial charge in [-0.1, -0.05) is 279 Å². The van der Waals surface area contributed by atoms with Crippen LogP contribution < -0.4 is 0 Å². The summed E-state index contributed by atoms with van der Waals surface area (Å²) >= 11 is 0. The molecule has 0 unspecified atom stereocenters. The third kappa shape index (κ3) is 14.6. The quantitative estimate of drug-likeness (QED) is 0.110. The zero-order chi connectivity index (χ0) is 101. The minimum absolute atomic E-state index is 0.331. The first-order chi connectivity index (χ1) is 74.1. The average molecular weight is 1910 g/mol. The Kier molecular flexibility index (Phi) is 22.0. The summed E-state index contributed by atoms with van der Waals surface area (Å²) in [6.45, 7) is 24.8. The number of nitrogens with zero attached hydrogens (tertiary/aromatic N) is 15. The molecule has 0 radical (unpaired) electrons. The highest BCUT2D eigenvalue weighted by Gasteiger charge is 2.29. The van der Waals surface area contributed by atoms with Gasteiger partial charge in [0.2, 0.25) is 5.69 Å². The molecule has 27 aromatic rings. The molecule has 0 aliphatic heterocycles. The number of hydrogen-bond acceptors (Lipinski definition) is 6. The maximum Gasteiger partial charge on any atom is 0.212 e. The van der Waals surface area contributed by atoms with Gasteiger partial charge in [-0.2, -0.15) is 31.6 Å². The lowest BCUT2D eigenvalue weighted by Gasteiger charge is -2.19. The molecule has 150 heavy (non-hydrogen) atoms. The Morgan fingerprint density at radius 3 is 0.780 bits per heavy atom. The third-order valence-electron chi connectivity index (χ3n) is 28.9. The molecule has 0 amide bonds. The molecule has 0 aliphatic rings. The number of aromatic nitrogens is 6. The van der Waals surface area contributed by atoms with Crippen molar-refractivity contribution >= 4 is 148 Å². The molecule has 6 heterocycles. The van der Waals surface area contributed by atoms with E-state index in [2.05, 4.69) is 333 Å². The lowest BCUT2D eigenvalue weighted by molar-refractivity contribution is 1.18. The maximum atomic E-state index is 10.5. The van der Waals surface area contributed by atoms with E-state index in [9.17, 15) is 31.6 Å². The number of benzene rings is 21. The average Bonchev–Trinajstić information content (AvgIpc) is 1.52. The smallest absolute Gasteiger partial charge is 0.212 e. The van der Waals surface area contributed by atoms with Crippen molar-refractivity contribution in [2.24, 2.45) is 0 Å². The third-order valence-corrected chi connectivity index (χ3v) is 28.9. The second-order valence-electron chi connectivity index (χ2n) is 36.7. The summed E-state index contributed by atoms with van der Waals surface area (Å²) < 4.78 is 13.4. The summed E-state index contributed by atoms with van der Waals surface area (Å²) in [5.74, 6) is 0. The van der Waals surface area contributed by atoms with Crippen LogP contribution in [0.4, 0.5) is 17.1 Å². The van der Waals surface area contributed by atoms with Gasteiger partial charge in [-0.15, -0.1) is 0 Å². The molecule has 6 aromatic heterocycles. The van der Waals surface area contributed by atoms with Crippen LogP contribution in [0.3, 0.4) is 0 Å². The molecule has 0 atom stereocenters. The molecule has 0 aliphatic carbocycles. The second kappa shape index (κ2) is 37.0. The molecule has 0 saturated carbocycles. The van der Waals surface area contributed by atoms with Crippen molar-refractivity contribution in [1.82, 2.24) is 27.4 Å². The van der Waals surface area contributed by atoms with Gasteiger partial charge in [-0.25, -0.2) is 14.5 Å². The number of para-hydroxylation sites is 12. The van der Waals surface area contributed by atoms with Crippen molar-refractivity contribution in [1.29, 1.82) is 31.6 Å². The molecule has 21 aromatic carbocycles. The van der Waals surface area contributed by atoms with E-state index in [0.29, 0.717) is 50.4 Å². The van der Waals surface area contributed by atoms with Crippen molar-refractivity contribution in [2.45, 2.75) is 0 Å². The van der Waals surface area contributed by atoms with Gasteiger partial charge in [0.1, 0.15) is 0 Å². The Balaban J connectivity index is 0.000000116. The van der Waals surface area contributed by atoms with Crippen LogP contribution in [0.1, 0.15) is 33.4 Å². The van der Waals surface area contributed by atoms with E-state index in [1.807, 2.05) is 176 Å². The van der Waals surface area contributed by atoms with Gasteiger partial charge in [-0.05, 0) is 243 Å². The SMILES string of the molecule is [C-]#[N+]c1c(C#N)ccc(-c2ccc(-n3c4ccccc4c4cc(C#N)ccc43)cc2)c1-c1ccccc1-n1c2ccccc2c2ccccc21.[C-]#[N+]c1cc(C#N)cc(-c2ccc(-n3c4ccccc4c4cc(C#N)ccc43)cc2)c1-c1ccccc1-n1c2ccccc2c2ccccc21.[C-]#[N+]c1ccc(C#N)c(-c2ccc(-n3c4ccccc4c4cc(C#N)ccc43)cc2)c1-c1ccccc1-n1c2ccccc2c2ccccc21. The Hall–Kier alpha value is -22.2. The highest BCUT2D eigenvalue weighted by molar-refractivity contribution is 6.17. The number of rotatable bonds is 12. The molecule has 0 N–H and O–H groups in total. The summed E-state index contributed by atoms with van der Waals surface area (Å²) in [7, 11) is 0. The Labute approximate surface area is 860 Å². The fourth-order valence-corrected chi connectivity index (χ4v) is 22.5. The first kappa shape index (κ1) is 89.2. The van der Waals surface area contributed by atoms with Gasteiger partial charge in [0.05, 0.1) is 167 Å². The van der Waals surface area contributed by atoms with Crippen molar-refractivity contribution in [3.63, 3.8) is 0 Å². The summed E-state index contributed by atoms with van der Waals surface area (Å²) in [5, 5.41) is 72.7. The summed E-state index contributed by atoms with van der Waals surface area (Å²) in [6, 6.07) is 166. The minimum Gasteiger partial charge on any atom is -0.309 e. The Bertz CT molecular complexity index is 10500. The number of fused-ring (bicyclic) bond motifs is 18. The molecule has 0 spiro atoms. The van der Waals surface area contributed by atoms with Gasteiger partial charge in [0, 0.05) is 87.3 Å². The lowest BCUT2D eigenvalue weighted by Crippen LogP contribution is -1.99. The summed E-state index contributed by atoms with van der Waals surface area (Å²) in [5.41, 5.74) is 32.7. The molecule has 690 valence electrons. The first-order valence-electron chi connectivity index (χ1n) is 48.8. The van der Waals surface area contributed by atoms with E-state index in [-0.39, 0.29) is 0 Å². The van der Waals surface area contributed by atoms with Crippen molar-refractivity contribution in [2.75, 3.05) is 0 Å². The highest BCUT2D eigenvalue weighted by atomic mass is 15.0. The number of nitriles is 6. The summed E-state index contributed by atoms with van der Waals surface area (Å²) in [4.78, 5) is 12.0. The number of hydrogen-bond donors (Lipinski definition) is 0. The highest BCUT2D eigenvalue weighted by Crippen LogP contribution is 2.52. The minimum atomic E-state index is 0.331. The van der Waals surface area contributed by atoms with Crippen LogP contribution in [-0.4, -0.2) is 27.4 Å². The molecular formula is C135H75N15. The monoisotopic (exact) mass is 1910 g/mol. The zero-order valence-electron chi connectivity index (χ0n) is 80.0. The van der Waals surface area contributed by atoms with Crippen LogP contribution in [0.25, 0.3) is 246 Å². The predicted molar refractivity (Wildman–Crippen MR) is 605 cm³/mol. The predicted octanol–water partition coefficient (Wildman–Crippen LogP) is 34.5. The van der Waals surface area contributed by atoms with Crippen LogP contribution in [0.5, 0.6) is 0 Å². The van der Waals surface area contributed by atoms with E-state index >= 15 is 0 Å². The molecule has 0 saturated heterocycles. The maximum absolute atomic E-state index is 10.5. The van der Waals surface area contributed by atoms with Gasteiger partial charge < -0.3 is 27.4 Å². The van der Waals surface area contributed by atoms with Crippen LogP contribution >= 0.6 is 0 Å². The van der Waals surface area contributed by atoms with Gasteiger partial charge >= 0.3 is 0 Å². The van der Waals surface area contributed by atoms with Crippen LogP contribution in [0, 0.1) is 87.7 Å². The van der Waals surface area contributed by atoms with Crippen molar-refractivity contribution in [3.05, 3.63) is 523 Å². The summed E-state index contributed by atoms with van der Waals surface area (Å²) in [6.07, 6.45) is 0. The van der Waals surface area contributed by atoms with Crippen LogP contribution in [0.2, 0.25) is 0 Å². The van der Waals surface area contributed by atoms with Gasteiger partial charge in [0.15, 0.2) is 11.4 Å². The van der Waals surface area contributed by atoms with E-state index in [1.165, 1.54) is 0 Å². The van der Waals surface area contributed by atoms with Gasteiger partial charge in [0.25, 0.3) is 0 Å². The van der Waals surface area contributed by atoms with E-state index in [4.69, 9.17) is 19.7 Å². The second-order valence-corrected chi connectivity index (χ2v) is 36.7. The molecule has 0 fully saturated rings. The molecule has 27 rings (SSSR count). The topological polar surface area (TPSA) is 185 Å².